The minimum absolute atomic E-state index is 0.192. The molecule has 3 aromatic rings. The van der Waals surface area contributed by atoms with Crippen molar-refractivity contribution in [3.63, 3.8) is 0 Å². The van der Waals surface area contributed by atoms with E-state index in [0.29, 0.717) is 10.8 Å². The molecule has 0 atom stereocenters. The highest BCUT2D eigenvalue weighted by Crippen LogP contribution is 2.25. The largest absolute Gasteiger partial charge is 0.358 e. The lowest BCUT2D eigenvalue weighted by Gasteiger charge is -2.33. The van der Waals surface area contributed by atoms with E-state index in [2.05, 4.69) is 27.3 Å². The summed E-state index contributed by atoms with van der Waals surface area (Å²) >= 11 is 1.50. The number of hydrazone groups is 1. The first-order valence-corrected chi connectivity index (χ1v) is 11.2. The molecule has 4 rings (SSSR count). The fourth-order valence-corrected chi connectivity index (χ4v) is 4.33. The van der Waals surface area contributed by atoms with Gasteiger partial charge in [-0.25, -0.2) is 9.37 Å². The second-order valence-corrected chi connectivity index (χ2v) is 8.33. The van der Waals surface area contributed by atoms with Gasteiger partial charge in [-0.2, -0.15) is 5.10 Å². The molecule has 0 unspecified atom stereocenters. The Bertz CT molecular complexity index is 1010. The Labute approximate surface area is 180 Å². The minimum Gasteiger partial charge on any atom is -0.358 e. The van der Waals surface area contributed by atoms with E-state index in [1.54, 1.807) is 11.0 Å². The number of aromatic nitrogens is 1. The van der Waals surface area contributed by atoms with Gasteiger partial charge in [0, 0.05) is 16.5 Å². The molecule has 2 heterocycles. The Morgan fingerprint density at radius 2 is 1.97 bits per heavy atom. The molecule has 1 aliphatic heterocycles. The third kappa shape index (κ3) is 4.68. The van der Waals surface area contributed by atoms with Gasteiger partial charge in [0.15, 0.2) is 0 Å². The van der Waals surface area contributed by atoms with Crippen molar-refractivity contribution in [2.75, 3.05) is 43.0 Å². The maximum atomic E-state index is 14.8. The molecule has 0 radical (unpaired) electrons. The number of nitrogens with zero attached hydrogens (tertiary/aromatic N) is 3. The van der Waals surface area contributed by atoms with Crippen LogP contribution in [0.1, 0.15) is 19.4 Å². The van der Waals surface area contributed by atoms with Crippen molar-refractivity contribution >= 4 is 27.9 Å². The van der Waals surface area contributed by atoms with Crippen molar-refractivity contribution in [2.24, 2.45) is 5.10 Å². The monoisotopic (exact) mass is 424 g/mol. The molecule has 30 heavy (non-hydrogen) atoms. The predicted octanol–water partition coefficient (Wildman–Crippen LogP) is 3.51. The van der Waals surface area contributed by atoms with E-state index in [9.17, 15) is 4.39 Å². The van der Waals surface area contributed by atoms with Crippen molar-refractivity contribution in [1.82, 2.24) is 4.98 Å². The van der Waals surface area contributed by atoms with Crippen molar-refractivity contribution in [2.45, 2.75) is 13.8 Å². The number of nitrogens with one attached hydrogen (secondary N) is 2. The average molecular weight is 425 g/mol. The van der Waals surface area contributed by atoms with Crippen LogP contribution in [0.25, 0.3) is 11.3 Å². The van der Waals surface area contributed by atoms with Gasteiger partial charge in [0.1, 0.15) is 5.82 Å². The number of hydrogen-bond donors (Lipinski definition) is 2. The van der Waals surface area contributed by atoms with Crippen LogP contribution in [0.15, 0.2) is 59.0 Å². The van der Waals surface area contributed by atoms with Crippen LogP contribution in [0.3, 0.4) is 0 Å². The molecule has 0 aliphatic carbocycles. The van der Waals surface area contributed by atoms with Crippen LogP contribution in [0.4, 0.5) is 15.2 Å². The van der Waals surface area contributed by atoms with E-state index in [-0.39, 0.29) is 5.82 Å². The fraction of sp³-hybridized carbons (Fsp3) is 0.304. The van der Waals surface area contributed by atoms with Gasteiger partial charge in [-0.3, -0.25) is 5.43 Å². The predicted molar refractivity (Wildman–Crippen MR) is 123 cm³/mol. The number of benzene rings is 2. The maximum Gasteiger partial charge on any atom is 0.203 e. The summed E-state index contributed by atoms with van der Waals surface area (Å²) in [4.78, 5) is 8.29. The van der Waals surface area contributed by atoms with Crippen molar-refractivity contribution in [1.29, 1.82) is 0 Å². The first kappa shape index (κ1) is 20.5. The van der Waals surface area contributed by atoms with E-state index >= 15 is 0 Å². The van der Waals surface area contributed by atoms with Crippen LogP contribution in [0.2, 0.25) is 0 Å². The quantitative estimate of drug-likeness (QED) is 0.470. The van der Waals surface area contributed by atoms with Crippen LogP contribution in [0, 0.1) is 5.82 Å². The van der Waals surface area contributed by atoms with E-state index in [1.165, 1.54) is 11.3 Å². The Hall–Kier alpha value is -2.77. The molecule has 1 aromatic heterocycles. The Morgan fingerprint density at radius 3 is 2.67 bits per heavy atom. The van der Waals surface area contributed by atoms with Crippen LogP contribution in [-0.4, -0.2) is 43.4 Å². The summed E-state index contributed by atoms with van der Waals surface area (Å²) in [5.41, 5.74) is 7.15. The summed E-state index contributed by atoms with van der Waals surface area (Å²) in [6.07, 6.45) is 0. The summed E-state index contributed by atoms with van der Waals surface area (Å²) in [6.45, 7) is 9.09. The normalized spacial score (nSPS) is 15.4. The van der Waals surface area contributed by atoms with Gasteiger partial charge >= 0.3 is 0 Å². The Morgan fingerprint density at radius 1 is 1.20 bits per heavy atom. The van der Waals surface area contributed by atoms with Gasteiger partial charge in [-0.1, -0.05) is 36.4 Å². The number of quaternary nitrogens is 1. The number of hydrogen-bond acceptors (Lipinski definition) is 5. The van der Waals surface area contributed by atoms with E-state index in [1.807, 2.05) is 54.8 Å². The van der Waals surface area contributed by atoms with Crippen LogP contribution >= 0.6 is 11.3 Å². The fourth-order valence-electron chi connectivity index (χ4n) is 3.67. The molecule has 1 aliphatic rings. The number of likely N-dealkylation sites (N-methyl/N-ethyl adjacent to an activating group) is 1. The molecular weight excluding hydrogens is 397 g/mol. The summed E-state index contributed by atoms with van der Waals surface area (Å²) < 4.78 is 14.8. The van der Waals surface area contributed by atoms with E-state index in [0.717, 1.165) is 55.3 Å². The van der Waals surface area contributed by atoms with Crippen LogP contribution in [-0.2, 0) is 0 Å². The molecule has 2 N–H and O–H groups in total. The van der Waals surface area contributed by atoms with Gasteiger partial charge in [-0.15, -0.1) is 11.3 Å². The van der Waals surface area contributed by atoms with Crippen molar-refractivity contribution in [3.8, 4) is 11.3 Å². The molecule has 1 fully saturated rings. The van der Waals surface area contributed by atoms with Gasteiger partial charge in [0.25, 0.3) is 0 Å². The second-order valence-electron chi connectivity index (χ2n) is 7.47. The van der Waals surface area contributed by atoms with Crippen molar-refractivity contribution < 1.29 is 9.29 Å². The molecular formula is C23H27FN5S+. The summed E-state index contributed by atoms with van der Waals surface area (Å²) in [7, 11) is 0. The van der Waals surface area contributed by atoms with Crippen molar-refractivity contribution in [3.05, 3.63) is 65.3 Å². The molecule has 156 valence electrons. The highest BCUT2D eigenvalue weighted by molar-refractivity contribution is 7.14. The summed E-state index contributed by atoms with van der Waals surface area (Å²) in [6, 6.07) is 15.4. The average Bonchev–Trinajstić information content (AvgIpc) is 3.27. The highest BCUT2D eigenvalue weighted by atomic mass is 32.1. The summed E-state index contributed by atoms with van der Waals surface area (Å²) in [5.74, 6) is -0.192. The van der Waals surface area contributed by atoms with E-state index < -0.39 is 0 Å². The topological polar surface area (TPSA) is 45.0 Å². The first-order chi connectivity index (χ1) is 14.6. The van der Waals surface area contributed by atoms with Gasteiger partial charge in [-0.05, 0) is 26.0 Å². The lowest BCUT2D eigenvalue weighted by atomic mass is 10.1. The molecule has 0 bridgehead atoms. The van der Waals surface area contributed by atoms with Crippen LogP contribution in [0.5, 0.6) is 0 Å². The number of rotatable bonds is 6. The third-order valence-corrected chi connectivity index (χ3v) is 6.32. The molecule has 0 spiro atoms. The molecule has 2 aromatic carbocycles. The molecule has 5 nitrogen and oxygen atoms in total. The Balaban J connectivity index is 1.42. The van der Waals surface area contributed by atoms with Crippen LogP contribution < -0.4 is 15.2 Å². The summed E-state index contributed by atoms with van der Waals surface area (Å²) in [5, 5.41) is 7.11. The number of anilines is 2. The zero-order valence-electron chi connectivity index (χ0n) is 17.4. The zero-order chi connectivity index (χ0) is 20.9. The van der Waals surface area contributed by atoms with E-state index in [4.69, 9.17) is 0 Å². The molecule has 1 saturated heterocycles. The molecule has 0 amide bonds. The minimum atomic E-state index is -0.192. The number of halogens is 1. The molecule has 7 heteroatoms. The lowest BCUT2D eigenvalue weighted by Crippen LogP contribution is -3.14. The highest BCUT2D eigenvalue weighted by Gasteiger charge is 2.21. The molecule has 0 saturated carbocycles. The van der Waals surface area contributed by atoms with Gasteiger partial charge < -0.3 is 9.80 Å². The first-order valence-electron chi connectivity index (χ1n) is 10.3. The standard InChI is InChI=1S/C23H26FN5S/c1-3-28-11-13-29(14-12-28)22-10-9-19(15-20(22)24)17(2)26-27-23-25-21(16-30-23)18-7-5-4-6-8-18/h4-10,15-16H,3,11-14H2,1-2H3,(H,25,27)/p+1/b26-17-. The third-order valence-electron chi connectivity index (χ3n) is 5.57. The SMILES string of the molecule is CC[NH+]1CCN(c2ccc(/C(C)=N\Nc3nc(-c4ccccc4)cs3)cc2F)CC1. The second kappa shape index (κ2) is 9.36. The Kier molecular flexibility index (Phi) is 6.40. The maximum absolute atomic E-state index is 14.8. The van der Waals surface area contributed by atoms with Gasteiger partial charge in [0.05, 0.1) is 49.8 Å². The zero-order valence-corrected chi connectivity index (χ0v) is 18.2. The number of thiazole rings is 1. The number of piperazine rings is 1. The smallest absolute Gasteiger partial charge is 0.203 e. The van der Waals surface area contributed by atoms with Gasteiger partial charge in [0.2, 0.25) is 5.13 Å². The lowest BCUT2D eigenvalue weighted by molar-refractivity contribution is -0.898.